The fourth-order valence-corrected chi connectivity index (χ4v) is 5.45. The number of rotatable bonds is 3. The van der Waals surface area contributed by atoms with Gasteiger partial charge in [0.15, 0.2) is 0 Å². The number of anilines is 1. The van der Waals surface area contributed by atoms with Gasteiger partial charge in [-0.1, -0.05) is 24.3 Å². The quantitative estimate of drug-likeness (QED) is 0.794. The zero-order chi connectivity index (χ0) is 19.9. The lowest BCUT2D eigenvalue weighted by Gasteiger charge is -2.31. The predicted octanol–water partition coefficient (Wildman–Crippen LogP) is 2.21. The second-order valence-corrected chi connectivity index (χ2v) is 9.53. The largest absolute Gasteiger partial charge is 0.305 e. The van der Waals surface area contributed by atoms with Crippen molar-refractivity contribution in [2.45, 2.75) is 24.3 Å². The summed E-state index contributed by atoms with van der Waals surface area (Å²) in [4.78, 5) is 17.3. The highest BCUT2D eigenvalue weighted by Crippen LogP contribution is 2.33. The van der Waals surface area contributed by atoms with E-state index in [0.717, 1.165) is 17.7 Å². The van der Waals surface area contributed by atoms with Crippen LogP contribution in [-0.4, -0.2) is 62.8 Å². The molecule has 0 aromatic heterocycles. The number of para-hydroxylation sites is 1. The number of likely N-dealkylation sites (N-methyl/N-ethyl adjacent to an activating group) is 1. The maximum atomic E-state index is 13.2. The maximum Gasteiger partial charge on any atom is 0.258 e. The first-order valence-corrected chi connectivity index (χ1v) is 11.0. The minimum atomic E-state index is -3.60. The van der Waals surface area contributed by atoms with E-state index in [1.54, 1.807) is 23.1 Å². The third-order valence-corrected chi connectivity index (χ3v) is 7.50. The number of amides is 1. The van der Waals surface area contributed by atoms with Crippen LogP contribution in [0.3, 0.4) is 0 Å². The number of piperazine rings is 1. The van der Waals surface area contributed by atoms with E-state index in [4.69, 9.17) is 0 Å². The third kappa shape index (κ3) is 3.34. The molecule has 0 bridgehead atoms. The van der Waals surface area contributed by atoms with Gasteiger partial charge in [0.25, 0.3) is 5.91 Å². The van der Waals surface area contributed by atoms with Gasteiger partial charge in [-0.3, -0.25) is 4.79 Å². The van der Waals surface area contributed by atoms with Gasteiger partial charge in [-0.2, -0.15) is 4.31 Å². The fourth-order valence-electron chi connectivity index (χ4n) is 3.98. The zero-order valence-electron chi connectivity index (χ0n) is 16.2. The van der Waals surface area contributed by atoms with Crippen molar-refractivity contribution in [1.82, 2.24) is 9.21 Å². The van der Waals surface area contributed by atoms with Crippen LogP contribution in [0.5, 0.6) is 0 Å². The van der Waals surface area contributed by atoms with Crippen molar-refractivity contribution >= 4 is 21.6 Å². The van der Waals surface area contributed by atoms with E-state index in [1.807, 2.05) is 38.2 Å². The number of carbonyl (C=O) groups excluding carboxylic acids is 1. The number of fused-ring (bicyclic) bond motifs is 1. The average Bonchev–Trinajstić information content (AvgIpc) is 3.03. The Labute approximate surface area is 166 Å². The van der Waals surface area contributed by atoms with Crippen molar-refractivity contribution in [3.05, 3.63) is 59.7 Å². The minimum Gasteiger partial charge on any atom is -0.305 e. The van der Waals surface area contributed by atoms with E-state index in [-0.39, 0.29) is 16.8 Å². The minimum absolute atomic E-state index is 0.0443. The Morgan fingerprint density at radius 3 is 2.46 bits per heavy atom. The molecule has 28 heavy (non-hydrogen) atoms. The molecule has 7 heteroatoms. The molecule has 0 saturated carbocycles. The molecule has 148 valence electrons. The molecule has 1 atom stereocenters. The second kappa shape index (κ2) is 7.31. The van der Waals surface area contributed by atoms with Crippen LogP contribution in [0.15, 0.2) is 53.4 Å². The fraction of sp³-hybridized carbons (Fsp3) is 0.381. The molecule has 1 unspecified atom stereocenters. The molecule has 6 nitrogen and oxygen atoms in total. The molecule has 1 amide bonds. The van der Waals surface area contributed by atoms with Crippen LogP contribution in [0.2, 0.25) is 0 Å². The smallest absolute Gasteiger partial charge is 0.258 e. The van der Waals surface area contributed by atoms with Crippen LogP contribution in [0.4, 0.5) is 5.69 Å². The normalized spacial score (nSPS) is 20.9. The molecule has 2 aliphatic rings. The molecule has 0 aliphatic carbocycles. The SMILES string of the molecule is CC1Cc2ccccc2N1C(=O)c1cccc(S(=O)(=O)N2CCN(C)CC2)c1. The van der Waals surface area contributed by atoms with E-state index in [9.17, 15) is 13.2 Å². The number of hydrogen-bond donors (Lipinski definition) is 0. The molecule has 2 aromatic rings. The van der Waals surface area contributed by atoms with E-state index >= 15 is 0 Å². The molecule has 1 fully saturated rings. The third-order valence-electron chi connectivity index (χ3n) is 5.61. The van der Waals surface area contributed by atoms with Gasteiger partial charge in [-0.15, -0.1) is 0 Å². The highest BCUT2D eigenvalue weighted by atomic mass is 32.2. The van der Waals surface area contributed by atoms with Gasteiger partial charge in [0.05, 0.1) is 4.90 Å². The van der Waals surface area contributed by atoms with E-state index < -0.39 is 10.0 Å². The monoisotopic (exact) mass is 399 g/mol. The van der Waals surface area contributed by atoms with Crippen molar-refractivity contribution < 1.29 is 13.2 Å². The Morgan fingerprint density at radius 1 is 1.00 bits per heavy atom. The maximum absolute atomic E-state index is 13.2. The highest BCUT2D eigenvalue weighted by Gasteiger charge is 2.32. The number of benzene rings is 2. The Morgan fingerprint density at radius 2 is 1.71 bits per heavy atom. The molecule has 1 saturated heterocycles. The van der Waals surface area contributed by atoms with Gasteiger partial charge in [0, 0.05) is 43.5 Å². The molecule has 2 heterocycles. The molecule has 4 rings (SSSR count). The first-order chi connectivity index (χ1) is 13.4. The van der Waals surface area contributed by atoms with Crippen LogP contribution >= 0.6 is 0 Å². The van der Waals surface area contributed by atoms with Crippen LogP contribution in [-0.2, 0) is 16.4 Å². The first-order valence-electron chi connectivity index (χ1n) is 9.58. The predicted molar refractivity (Wildman–Crippen MR) is 109 cm³/mol. The first kappa shape index (κ1) is 19.1. The summed E-state index contributed by atoms with van der Waals surface area (Å²) in [5, 5.41) is 0. The molecule has 0 spiro atoms. The van der Waals surface area contributed by atoms with Crippen molar-refractivity contribution in [2.75, 3.05) is 38.1 Å². The van der Waals surface area contributed by atoms with Crippen LogP contribution in [0, 0.1) is 0 Å². The van der Waals surface area contributed by atoms with E-state index in [2.05, 4.69) is 4.90 Å². The van der Waals surface area contributed by atoms with Crippen molar-refractivity contribution in [3.8, 4) is 0 Å². The topological polar surface area (TPSA) is 60.9 Å². The van der Waals surface area contributed by atoms with Gasteiger partial charge in [-0.25, -0.2) is 8.42 Å². The summed E-state index contributed by atoms with van der Waals surface area (Å²) in [6.45, 7) is 4.36. The van der Waals surface area contributed by atoms with Crippen LogP contribution < -0.4 is 4.90 Å². The molecule has 0 N–H and O–H groups in total. The van der Waals surface area contributed by atoms with Gasteiger partial charge in [0.1, 0.15) is 0 Å². The summed E-state index contributed by atoms with van der Waals surface area (Å²) in [6, 6.07) is 14.4. The van der Waals surface area contributed by atoms with Crippen molar-refractivity contribution in [3.63, 3.8) is 0 Å². The standard InChI is InChI=1S/C21H25N3O3S/c1-16-14-17-6-3-4-9-20(17)24(16)21(25)18-7-5-8-19(15-18)28(26,27)23-12-10-22(2)11-13-23/h3-9,15-16H,10-14H2,1-2H3. The Hall–Kier alpha value is -2.22. The van der Waals surface area contributed by atoms with Gasteiger partial charge >= 0.3 is 0 Å². The zero-order valence-corrected chi connectivity index (χ0v) is 17.0. The summed E-state index contributed by atoms with van der Waals surface area (Å²) >= 11 is 0. The lowest BCUT2D eigenvalue weighted by Crippen LogP contribution is -2.47. The van der Waals surface area contributed by atoms with Crippen molar-refractivity contribution in [2.24, 2.45) is 0 Å². The van der Waals surface area contributed by atoms with Gasteiger partial charge in [-0.05, 0) is 50.2 Å². The van der Waals surface area contributed by atoms with E-state index in [0.29, 0.717) is 31.7 Å². The summed E-state index contributed by atoms with van der Waals surface area (Å²) in [5.41, 5.74) is 2.45. The summed E-state index contributed by atoms with van der Waals surface area (Å²) in [7, 11) is -1.62. The summed E-state index contributed by atoms with van der Waals surface area (Å²) in [5.74, 6) is -0.159. The van der Waals surface area contributed by atoms with Gasteiger partial charge in [0.2, 0.25) is 10.0 Å². The molecule has 0 radical (unpaired) electrons. The van der Waals surface area contributed by atoms with Crippen LogP contribution in [0.25, 0.3) is 0 Å². The second-order valence-electron chi connectivity index (χ2n) is 7.59. The molecule has 2 aromatic carbocycles. The molecular weight excluding hydrogens is 374 g/mol. The number of hydrogen-bond acceptors (Lipinski definition) is 4. The van der Waals surface area contributed by atoms with Gasteiger partial charge < -0.3 is 9.80 Å². The summed E-state index contributed by atoms with van der Waals surface area (Å²) in [6.07, 6.45) is 0.807. The highest BCUT2D eigenvalue weighted by molar-refractivity contribution is 7.89. The van der Waals surface area contributed by atoms with Crippen LogP contribution in [0.1, 0.15) is 22.8 Å². The van der Waals surface area contributed by atoms with E-state index in [1.165, 1.54) is 10.4 Å². The number of sulfonamides is 1. The lowest BCUT2D eigenvalue weighted by molar-refractivity contribution is 0.0981. The Balaban J connectivity index is 1.63. The Bertz CT molecular complexity index is 997. The van der Waals surface area contributed by atoms with Crippen molar-refractivity contribution in [1.29, 1.82) is 0 Å². The summed E-state index contributed by atoms with van der Waals surface area (Å²) < 4.78 is 27.6. The number of nitrogens with zero attached hydrogens (tertiary/aromatic N) is 3. The lowest BCUT2D eigenvalue weighted by atomic mass is 10.1. The molecule has 2 aliphatic heterocycles. The average molecular weight is 400 g/mol. The number of carbonyl (C=O) groups is 1. The Kier molecular flexibility index (Phi) is 4.99. The molecular formula is C21H25N3O3S.